The molecule has 56 heavy (non-hydrogen) atoms. The zero-order valence-corrected chi connectivity index (χ0v) is 33.6. The highest BCUT2D eigenvalue weighted by atomic mass is 28.3. The molecule has 0 radical (unpaired) electrons. The molecule has 0 unspecified atom stereocenters. The lowest BCUT2D eigenvalue weighted by molar-refractivity contribution is 0.660. The minimum Gasteiger partial charge on any atom is -0.345 e. The highest BCUT2D eigenvalue weighted by molar-refractivity contribution is 7.02. The number of rotatable bonds is 3. The van der Waals surface area contributed by atoms with Gasteiger partial charge in [-0.25, -0.2) is 0 Å². The quantitative estimate of drug-likeness (QED) is 0.129. The minimum atomic E-state index is -1.92. The molecular formula is C54H43NSi. The molecule has 2 heteroatoms. The first-order chi connectivity index (χ1) is 27.2. The van der Waals surface area contributed by atoms with Crippen LogP contribution in [0.3, 0.4) is 0 Å². The summed E-state index contributed by atoms with van der Waals surface area (Å²) < 4.78 is 0. The average molecular weight is 734 g/mol. The Morgan fingerprint density at radius 2 is 1.02 bits per heavy atom. The summed E-state index contributed by atoms with van der Waals surface area (Å²) >= 11 is 0. The van der Waals surface area contributed by atoms with Gasteiger partial charge in [0.05, 0.1) is 0 Å². The van der Waals surface area contributed by atoms with Crippen molar-refractivity contribution < 1.29 is 0 Å². The van der Waals surface area contributed by atoms with E-state index in [4.69, 9.17) is 0 Å². The second-order valence-corrected chi connectivity index (χ2v) is 21.3. The number of hydrogen-bond donors (Lipinski definition) is 0. The highest BCUT2D eigenvalue weighted by Crippen LogP contribution is 2.55. The van der Waals surface area contributed by atoms with E-state index >= 15 is 0 Å². The third-order valence-corrected chi connectivity index (χ3v) is 16.8. The fourth-order valence-corrected chi connectivity index (χ4v) is 13.4. The Kier molecular flexibility index (Phi) is 7.04. The number of para-hydroxylation sites is 1. The molecule has 0 bridgehead atoms. The first kappa shape index (κ1) is 33.1. The zero-order valence-electron chi connectivity index (χ0n) is 32.6. The Hall–Kier alpha value is -6.22. The largest absolute Gasteiger partial charge is 0.345 e. The zero-order chi connectivity index (χ0) is 37.9. The molecule has 0 fully saturated rings. The van der Waals surface area contributed by atoms with Crippen molar-refractivity contribution >= 4 is 62.1 Å². The third kappa shape index (κ3) is 4.60. The van der Waals surface area contributed by atoms with Crippen LogP contribution in [0.5, 0.6) is 0 Å². The van der Waals surface area contributed by atoms with Gasteiger partial charge in [-0.3, -0.25) is 0 Å². The van der Waals surface area contributed by atoms with Crippen LogP contribution in [0.2, 0.25) is 13.1 Å². The highest BCUT2D eigenvalue weighted by Gasteiger charge is 2.38. The second kappa shape index (κ2) is 11.9. The molecule has 0 saturated carbocycles. The van der Waals surface area contributed by atoms with Crippen molar-refractivity contribution in [2.45, 2.75) is 32.4 Å². The van der Waals surface area contributed by atoms with Crippen LogP contribution < -0.4 is 15.3 Å². The molecule has 268 valence electrons. The van der Waals surface area contributed by atoms with Crippen LogP contribution >= 0.6 is 0 Å². The topological polar surface area (TPSA) is 3.24 Å². The van der Waals surface area contributed by atoms with Crippen LogP contribution in [0.1, 0.15) is 25.0 Å². The molecule has 0 aromatic heterocycles. The molecule has 1 aliphatic carbocycles. The van der Waals surface area contributed by atoms with Gasteiger partial charge < -0.3 is 4.90 Å². The average Bonchev–Trinajstić information content (AvgIpc) is 3.47. The maximum atomic E-state index is 2.50. The van der Waals surface area contributed by atoms with Gasteiger partial charge in [0.2, 0.25) is 0 Å². The summed E-state index contributed by atoms with van der Waals surface area (Å²) in [5, 5.41) is 10.7. The predicted octanol–water partition coefficient (Wildman–Crippen LogP) is 13.4. The summed E-state index contributed by atoms with van der Waals surface area (Å²) in [6.45, 7) is 9.77. The van der Waals surface area contributed by atoms with Gasteiger partial charge in [0.25, 0.3) is 0 Å². The predicted molar refractivity (Wildman–Crippen MR) is 244 cm³/mol. The van der Waals surface area contributed by atoms with Gasteiger partial charge in [-0.05, 0) is 123 Å². The number of hydrogen-bond acceptors (Lipinski definition) is 1. The summed E-state index contributed by atoms with van der Waals surface area (Å²) in [6.07, 6.45) is 0. The molecule has 9 aromatic carbocycles. The Balaban J connectivity index is 1.24. The van der Waals surface area contributed by atoms with E-state index in [0.717, 1.165) is 0 Å². The summed E-state index contributed by atoms with van der Waals surface area (Å²) in [6, 6.07) is 64.4. The molecule has 11 rings (SSSR count). The van der Waals surface area contributed by atoms with Gasteiger partial charge in [-0.1, -0.05) is 173 Å². The fraction of sp³-hybridized carbons (Fsp3) is 0.111. The van der Waals surface area contributed by atoms with E-state index in [9.17, 15) is 0 Å². The second-order valence-electron chi connectivity index (χ2n) is 16.9. The van der Waals surface area contributed by atoms with Crippen LogP contribution in [0.25, 0.3) is 76.8 Å². The Morgan fingerprint density at radius 1 is 0.411 bits per heavy atom. The van der Waals surface area contributed by atoms with E-state index in [-0.39, 0.29) is 5.41 Å². The molecular weight excluding hydrogens is 691 g/mol. The number of benzene rings is 9. The van der Waals surface area contributed by atoms with E-state index in [1.807, 2.05) is 0 Å². The monoisotopic (exact) mass is 733 g/mol. The number of fused-ring (bicyclic) bond motifs is 8. The number of nitrogens with zero attached hydrogens (tertiary/aromatic N) is 1. The van der Waals surface area contributed by atoms with Crippen molar-refractivity contribution in [3.8, 4) is 44.5 Å². The molecule has 0 saturated heterocycles. The normalized spacial score (nSPS) is 14.8. The van der Waals surface area contributed by atoms with Crippen LogP contribution in [-0.2, 0) is 5.41 Å². The SMILES string of the molecule is CN1c2ccccc2[Si](C)(C)c2ccc(-c3c4ccccc4c(-c4cccc5c4-c4ccccc4C5(C)C)c4cc(-c5ccc6ccccc6c5)ccc34)cc21. The summed E-state index contributed by atoms with van der Waals surface area (Å²) in [5.41, 5.74) is 15.7. The van der Waals surface area contributed by atoms with E-state index in [1.165, 1.54) is 110 Å². The van der Waals surface area contributed by atoms with E-state index < -0.39 is 8.07 Å². The molecule has 1 aliphatic heterocycles. The van der Waals surface area contributed by atoms with Crippen molar-refractivity contribution in [3.63, 3.8) is 0 Å². The van der Waals surface area contributed by atoms with Crippen LogP contribution in [0.15, 0.2) is 170 Å². The van der Waals surface area contributed by atoms with Gasteiger partial charge >= 0.3 is 0 Å². The summed E-state index contributed by atoms with van der Waals surface area (Å²) in [4.78, 5) is 2.43. The van der Waals surface area contributed by atoms with Crippen molar-refractivity contribution in [2.24, 2.45) is 0 Å². The van der Waals surface area contributed by atoms with Crippen molar-refractivity contribution in [1.82, 2.24) is 0 Å². The molecule has 0 atom stereocenters. The standard InChI is InChI=1S/C54H43NSi/c1-54(2)45-21-11-10-19-42(45)53-43(20-14-22-46(53)54)52-40-18-9-8-17-39(40)51(38-28-30-50-48(33-38)55(3)47-23-12-13-24-49(47)56(50,4)5)41-29-27-37(32-44(41)52)36-26-25-34-15-6-7-16-35(34)31-36/h6-33H,1-5H3. The molecule has 0 spiro atoms. The van der Waals surface area contributed by atoms with Gasteiger partial charge in [-0.15, -0.1) is 0 Å². The Labute approximate surface area is 330 Å². The maximum Gasteiger partial charge on any atom is 0.117 e. The third-order valence-electron chi connectivity index (χ3n) is 13.2. The Morgan fingerprint density at radius 3 is 1.88 bits per heavy atom. The van der Waals surface area contributed by atoms with Crippen LogP contribution in [-0.4, -0.2) is 15.1 Å². The molecule has 0 amide bonds. The van der Waals surface area contributed by atoms with E-state index in [0.29, 0.717) is 0 Å². The Bertz CT molecular complexity index is 3110. The van der Waals surface area contributed by atoms with Crippen LogP contribution in [0.4, 0.5) is 11.4 Å². The minimum absolute atomic E-state index is 0.0887. The molecule has 2 aliphatic rings. The number of anilines is 2. The van der Waals surface area contributed by atoms with Gasteiger partial charge in [0.1, 0.15) is 8.07 Å². The van der Waals surface area contributed by atoms with E-state index in [2.05, 4.69) is 209 Å². The molecule has 1 heterocycles. The summed E-state index contributed by atoms with van der Waals surface area (Å²) in [7, 11) is 0.330. The lowest BCUT2D eigenvalue weighted by atomic mass is 9.80. The fourth-order valence-electron chi connectivity index (χ4n) is 10.4. The van der Waals surface area contributed by atoms with Crippen molar-refractivity contribution in [2.75, 3.05) is 11.9 Å². The van der Waals surface area contributed by atoms with Crippen molar-refractivity contribution in [3.05, 3.63) is 181 Å². The van der Waals surface area contributed by atoms with Gasteiger partial charge in [0.15, 0.2) is 0 Å². The molecule has 9 aromatic rings. The van der Waals surface area contributed by atoms with Gasteiger partial charge in [-0.2, -0.15) is 0 Å². The first-order valence-corrected chi connectivity index (χ1v) is 22.9. The van der Waals surface area contributed by atoms with E-state index in [1.54, 1.807) is 0 Å². The maximum absolute atomic E-state index is 2.50. The van der Waals surface area contributed by atoms with Gasteiger partial charge in [0, 0.05) is 23.8 Å². The van der Waals surface area contributed by atoms with Crippen LogP contribution in [0, 0.1) is 0 Å². The first-order valence-electron chi connectivity index (χ1n) is 19.9. The molecule has 0 N–H and O–H groups in total. The smallest absolute Gasteiger partial charge is 0.117 e. The molecule has 1 nitrogen and oxygen atoms in total. The lowest BCUT2D eigenvalue weighted by Gasteiger charge is -2.39. The summed E-state index contributed by atoms with van der Waals surface area (Å²) in [5.74, 6) is 0. The lowest BCUT2D eigenvalue weighted by Crippen LogP contribution is -2.58. The van der Waals surface area contributed by atoms with Crippen molar-refractivity contribution in [1.29, 1.82) is 0 Å².